The van der Waals surface area contributed by atoms with E-state index in [1.54, 1.807) is 18.2 Å². The Morgan fingerprint density at radius 3 is 2.35 bits per heavy atom. The first kappa shape index (κ1) is 18.2. The molecule has 0 aliphatic carbocycles. The van der Waals surface area contributed by atoms with Crippen LogP contribution in [0.2, 0.25) is 0 Å². The van der Waals surface area contributed by atoms with Gasteiger partial charge >= 0.3 is 0 Å². The molecule has 0 aliphatic heterocycles. The lowest BCUT2D eigenvalue weighted by Gasteiger charge is -2.28. The molecule has 138 valence electrons. The van der Waals surface area contributed by atoms with E-state index in [0.717, 1.165) is 22.4 Å². The molecule has 26 heavy (non-hydrogen) atoms. The zero-order valence-corrected chi connectivity index (χ0v) is 16.4. The number of phenols is 1. The topological polar surface area (TPSA) is 65.0 Å². The quantitative estimate of drug-likeness (QED) is 0.562. The molecule has 1 N–H and O–H groups in total. The van der Waals surface area contributed by atoms with Crippen LogP contribution in [0.25, 0.3) is 16.7 Å². The molecule has 2 aromatic carbocycles. The predicted octanol–water partition coefficient (Wildman–Crippen LogP) is 4.35. The lowest BCUT2D eigenvalue weighted by molar-refractivity contribution is -0.664. The molecule has 1 heterocycles. The van der Waals surface area contributed by atoms with Gasteiger partial charge in [-0.2, -0.15) is 0 Å². The summed E-state index contributed by atoms with van der Waals surface area (Å²) in [4.78, 5) is 1.99. The van der Waals surface area contributed by atoms with Crippen molar-refractivity contribution in [3.8, 4) is 11.4 Å². The van der Waals surface area contributed by atoms with Crippen molar-refractivity contribution in [3.05, 3.63) is 52.7 Å². The molecule has 5 nitrogen and oxygen atoms in total. The predicted molar refractivity (Wildman–Crippen MR) is 104 cm³/mol. The number of benzene rings is 2. The normalized spacial score (nSPS) is 12.7. The average Bonchev–Trinajstić information content (AvgIpc) is 2.91. The van der Waals surface area contributed by atoms with Gasteiger partial charge in [-0.3, -0.25) is 0 Å². The fourth-order valence-electron chi connectivity index (χ4n) is 3.05. The van der Waals surface area contributed by atoms with E-state index < -0.39 is 0 Å². The van der Waals surface area contributed by atoms with Crippen LogP contribution in [-0.2, 0) is 10.8 Å². The van der Waals surface area contributed by atoms with Gasteiger partial charge in [0, 0.05) is 5.56 Å². The van der Waals surface area contributed by atoms with Crippen molar-refractivity contribution in [1.29, 1.82) is 0 Å². The first-order chi connectivity index (χ1) is 12.1. The van der Waals surface area contributed by atoms with Crippen LogP contribution in [0.1, 0.15) is 59.1 Å². The SMILES string of the molecule is CCC(C)(C)c1cc(-n2nc3ccccc3[n+]2[O-])c(O)c(C(C)(C)C)c1. The molecule has 0 aliphatic rings. The fourth-order valence-corrected chi connectivity index (χ4v) is 3.05. The summed E-state index contributed by atoms with van der Waals surface area (Å²) in [5.41, 5.74) is 3.04. The number of para-hydroxylation sites is 1. The smallest absolute Gasteiger partial charge is 0.250 e. The van der Waals surface area contributed by atoms with E-state index in [0.29, 0.717) is 16.7 Å². The Balaban J connectivity index is 2.35. The summed E-state index contributed by atoms with van der Waals surface area (Å²) in [6, 6.07) is 11.1. The van der Waals surface area contributed by atoms with Crippen LogP contribution in [-0.4, -0.2) is 15.0 Å². The van der Waals surface area contributed by atoms with Gasteiger partial charge in [0.15, 0.2) is 11.4 Å². The van der Waals surface area contributed by atoms with Crippen molar-refractivity contribution in [1.82, 2.24) is 9.90 Å². The molecule has 3 rings (SSSR count). The molecule has 0 amide bonds. The molecule has 0 radical (unpaired) electrons. The maximum absolute atomic E-state index is 12.8. The lowest BCUT2D eigenvalue weighted by atomic mass is 9.77. The Bertz CT molecular complexity index is 965. The Labute approximate surface area is 154 Å². The van der Waals surface area contributed by atoms with Crippen molar-refractivity contribution in [2.45, 2.75) is 58.8 Å². The summed E-state index contributed by atoms with van der Waals surface area (Å²) >= 11 is 0. The van der Waals surface area contributed by atoms with Crippen LogP contribution in [0.3, 0.4) is 0 Å². The van der Waals surface area contributed by atoms with Gasteiger partial charge in [0.1, 0.15) is 0 Å². The van der Waals surface area contributed by atoms with Crippen molar-refractivity contribution in [3.63, 3.8) is 0 Å². The molecule has 3 aromatic rings. The van der Waals surface area contributed by atoms with Crippen LogP contribution < -0.4 is 4.85 Å². The van der Waals surface area contributed by atoms with Gasteiger partial charge in [-0.05, 0) is 45.8 Å². The minimum atomic E-state index is -0.265. The fraction of sp³-hybridized carbons (Fsp3) is 0.429. The Morgan fingerprint density at radius 2 is 1.77 bits per heavy atom. The second kappa shape index (κ2) is 6.01. The molecule has 0 unspecified atom stereocenters. The first-order valence-corrected chi connectivity index (χ1v) is 9.02. The number of aromatic hydroxyl groups is 1. The largest absolute Gasteiger partial charge is 0.692 e. The highest BCUT2D eigenvalue weighted by atomic mass is 16.5. The number of rotatable bonds is 3. The summed E-state index contributed by atoms with van der Waals surface area (Å²) in [7, 11) is 0. The van der Waals surface area contributed by atoms with E-state index in [2.05, 4.69) is 52.7 Å². The summed E-state index contributed by atoms with van der Waals surface area (Å²) < 4.78 is 0. The molecular formula is C21H27N3O2. The highest BCUT2D eigenvalue weighted by Crippen LogP contribution is 2.39. The summed E-state index contributed by atoms with van der Waals surface area (Å²) in [6.07, 6.45) is 0.944. The first-order valence-electron chi connectivity index (χ1n) is 9.02. The van der Waals surface area contributed by atoms with Crippen LogP contribution in [0.4, 0.5) is 0 Å². The van der Waals surface area contributed by atoms with Crippen molar-refractivity contribution in [2.75, 3.05) is 0 Å². The number of hydrogen-bond donors (Lipinski definition) is 1. The second-order valence-corrected chi connectivity index (χ2v) is 8.53. The molecule has 0 spiro atoms. The van der Waals surface area contributed by atoms with Gasteiger partial charge in [0.2, 0.25) is 11.0 Å². The van der Waals surface area contributed by atoms with E-state index >= 15 is 0 Å². The molecular weight excluding hydrogens is 326 g/mol. The highest BCUT2D eigenvalue weighted by Gasteiger charge is 2.29. The number of nitrogens with zero attached hydrogens (tertiary/aromatic N) is 3. The Morgan fingerprint density at radius 1 is 1.12 bits per heavy atom. The van der Waals surface area contributed by atoms with E-state index in [4.69, 9.17) is 0 Å². The zero-order valence-electron chi connectivity index (χ0n) is 16.4. The van der Waals surface area contributed by atoms with Crippen LogP contribution in [0.15, 0.2) is 36.4 Å². The summed E-state index contributed by atoms with van der Waals surface area (Å²) in [6.45, 7) is 12.6. The number of hydrogen-bond acceptors (Lipinski definition) is 3. The van der Waals surface area contributed by atoms with Crippen LogP contribution in [0, 0.1) is 5.21 Å². The third-order valence-electron chi connectivity index (χ3n) is 5.24. The minimum Gasteiger partial charge on any atom is -0.692 e. The van der Waals surface area contributed by atoms with E-state index in [1.807, 2.05) is 12.1 Å². The molecule has 0 bridgehead atoms. The van der Waals surface area contributed by atoms with Gasteiger partial charge in [-0.15, -0.1) is 4.85 Å². The van der Waals surface area contributed by atoms with Gasteiger partial charge < -0.3 is 10.3 Å². The molecule has 0 saturated carbocycles. The van der Waals surface area contributed by atoms with E-state index in [-0.39, 0.29) is 16.6 Å². The lowest BCUT2D eigenvalue weighted by Crippen LogP contribution is -2.37. The Hall–Kier alpha value is -2.56. The second-order valence-electron chi connectivity index (χ2n) is 8.53. The summed E-state index contributed by atoms with van der Waals surface area (Å²) in [5.74, 6) is 0.102. The third kappa shape index (κ3) is 2.91. The van der Waals surface area contributed by atoms with Gasteiger partial charge in [0.25, 0.3) is 0 Å². The van der Waals surface area contributed by atoms with Crippen LogP contribution >= 0.6 is 0 Å². The standard InChI is InChI=1S/C21H27N3O2/c1-7-21(5,6)14-12-15(20(2,3)4)19(25)18(13-14)23-22-16-10-8-9-11-17(16)24(23)26/h8-13,25H,7H2,1-6H3. The number of aromatic nitrogens is 3. The molecule has 0 fully saturated rings. The van der Waals surface area contributed by atoms with Gasteiger partial charge in [0.05, 0.1) is 5.10 Å². The molecule has 0 atom stereocenters. The number of phenolic OH excluding ortho intramolecular Hbond substituents is 1. The van der Waals surface area contributed by atoms with Crippen LogP contribution in [0.5, 0.6) is 5.75 Å². The Kier molecular flexibility index (Phi) is 4.21. The number of fused-ring (bicyclic) bond motifs is 1. The maximum atomic E-state index is 12.8. The molecule has 1 aromatic heterocycles. The monoisotopic (exact) mass is 353 g/mol. The van der Waals surface area contributed by atoms with E-state index in [9.17, 15) is 10.3 Å². The van der Waals surface area contributed by atoms with Crippen molar-refractivity contribution in [2.24, 2.45) is 0 Å². The summed E-state index contributed by atoms with van der Waals surface area (Å²) in [5, 5.41) is 28.2. The average molecular weight is 353 g/mol. The van der Waals surface area contributed by atoms with E-state index in [1.165, 1.54) is 4.80 Å². The van der Waals surface area contributed by atoms with Gasteiger partial charge in [-0.25, -0.2) is 0 Å². The third-order valence-corrected chi connectivity index (χ3v) is 5.24. The van der Waals surface area contributed by atoms with Crippen molar-refractivity contribution < 1.29 is 9.95 Å². The molecule has 0 saturated heterocycles. The van der Waals surface area contributed by atoms with Crippen molar-refractivity contribution >= 4 is 11.0 Å². The highest BCUT2D eigenvalue weighted by molar-refractivity contribution is 5.70. The zero-order chi connectivity index (χ0) is 19.3. The minimum absolute atomic E-state index is 0.0806. The van der Waals surface area contributed by atoms with Gasteiger partial charge in [-0.1, -0.05) is 59.7 Å². The maximum Gasteiger partial charge on any atom is 0.250 e. The molecule has 5 heteroatoms.